The molecule has 1 aliphatic heterocycles. The SMILES string of the molecule is CNC(=O)Nc1ccc2c(c1CC(=O)N(Cc1ccc(F)cc1)C(C)C(F)(F)F)CCC21OC(=O)NC1=O. The minimum atomic E-state index is -4.75. The third-order valence-electron chi connectivity index (χ3n) is 6.77. The average Bonchev–Trinajstić information content (AvgIpc) is 3.37. The molecule has 0 radical (unpaired) electrons. The molecule has 1 saturated heterocycles. The highest BCUT2D eigenvalue weighted by molar-refractivity contribution is 6.04. The smallest absolute Gasteiger partial charge is 0.415 e. The van der Waals surface area contributed by atoms with Crippen molar-refractivity contribution in [2.75, 3.05) is 12.4 Å². The molecular formula is C25H24F4N4O5. The van der Waals surface area contributed by atoms with Crippen molar-refractivity contribution in [2.45, 2.75) is 50.6 Å². The second kappa shape index (κ2) is 9.95. The summed E-state index contributed by atoms with van der Waals surface area (Å²) in [7, 11) is 1.36. The van der Waals surface area contributed by atoms with Crippen molar-refractivity contribution in [1.82, 2.24) is 15.5 Å². The van der Waals surface area contributed by atoms with Crippen LogP contribution in [-0.2, 0) is 39.3 Å². The Morgan fingerprint density at radius 1 is 1.16 bits per heavy atom. The minimum Gasteiger partial charge on any atom is -0.427 e. The predicted molar refractivity (Wildman–Crippen MR) is 125 cm³/mol. The van der Waals surface area contributed by atoms with Crippen LogP contribution >= 0.6 is 0 Å². The Bertz CT molecular complexity index is 1300. The summed E-state index contributed by atoms with van der Waals surface area (Å²) >= 11 is 0. The molecular weight excluding hydrogens is 512 g/mol. The summed E-state index contributed by atoms with van der Waals surface area (Å²) in [5.41, 5.74) is -0.283. The van der Waals surface area contributed by atoms with Gasteiger partial charge in [-0.15, -0.1) is 0 Å². The van der Waals surface area contributed by atoms with E-state index in [2.05, 4.69) is 16.0 Å². The summed E-state index contributed by atoms with van der Waals surface area (Å²) in [6.07, 6.45) is -6.03. The number of hydrogen-bond acceptors (Lipinski definition) is 5. The molecule has 5 amide bonds. The maximum absolute atomic E-state index is 13.7. The van der Waals surface area contributed by atoms with Crippen LogP contribution in [0, 0.1) is 5.82 Å². The fourth-order valence-electron chi connectivity index (χ4n) is 4.72. The normalized spacial score (nSPS) is 19.0. The van der Waals surface area contributed by atoms with Crippen LogP contribution in [0.25, 0.3) is 0 Å². The number of nitrogens with zero attached hydrogens (tertiary/aromatic N) is 1. The molecule has 2 aliphatic rings. The van der Waals surface area contributed by atoms with Gasteiger partial charge in [-0.25, -0.2) is 14.0 Å². The van der Waals surface area contributed by atoms with Crippen LogP contribution in [0.5, 0.6) is 0 Å². The van der Waals surface area contributed by atoms with Crippen molar-refractivity contribution in [1.29, 1.82) is 0 Å². The number of hydrogen-bond donors (Lipinski definition) is 3. The molecule has 0 saturated carbocycles. The van der Waals surface area contributed by atoms with E-state index < -0.39 is 60.5 Å². The van der Waals surface area contributed by atoms with E-state index in [1.165, 1.54) is 31.3 Å². The van der Waals surface area contributed by atoms with Crippen LogP contribution in [0.3, 0.4) is 0 Å². The molecule has 2 atom stereocenters. The highest BCUT2D eigenvalue weighted by atomic mass is 19.4. The van der Waals surface area contributed by atoms with Gasteiger partial charge in [-0.2, -0.15) is 13.2 Å². The van der Waals surface area contributed by atoms with Gasteiger partial charge in [0.1, 0.15) is 11.9 Å². The van der Waals surface area contributed by atoms with Crippen molar-refractivity contribution in [3.05, 3.63) is 64.5 Å². The van der Waals surface area contributed by atoms with E-state index >= 15 is 0 Å². The molecule has 38 heavy (non-hydrogen) atoms. The Labute approximate surface area is 214 Å². The van der Waals surface area contributed by atoms with Crippen molar-refractivity contribution in [3.8, 4) is 0 Å². The molecule has 2 unspecified atom stereocenters. The molecule has 13 heteroatoms. The topological polar surface area (TPSA) is 117 Å². The van der Waals surface area contributed by atoms with Crippen LogP contribution in [0.15, 0.2) is 36.4 Å². The Kier molecular flexibility index (Phi) is 7.04. The molecule has 9 nitrogen and oxygen atoms in total. The maximum Gasteiger partial charge on any atom is 0.415 e. The van der Waals surface area contributed by atoms with Gasteiger partial charge < -0.3 is 20.3 Å². The van der Waals surface area contributed by atoms with Gasteiger partial charge >= 0.3 is 18.3 Å². The second-order valence-corrected chi connectivity index (χ2v) is 9.04. The number of alkyl halides is 3. The molecule has 1 fully saturated rings. The van der Waals surface area contributed by atoms with Gasteiger partial charge in [-0.3, -0.25) is 14.9 Å². The molecule has 1 spiro atoms. The molecule has 1 heterocycles. The lowest BCUT2D eigenvalue weighted by Crippen LogP contribution is -2.47. The van der Waals surface area contributed by atoms with Crippen molar-refractivity contribution in [3.63, 3.8) is 0 Å². The van der Waals surface area contributed by atoms with Crippen molar-refractivity contribution < 1.29 is 41.5 Å². The number of urea groups is 1. The van der Waals surface area contributed by atoms with E-state index in [4.69, 9.17) is 4.74 Å². The zero-order valence-electron chi connectivity index (χ0n) is 20.4. The summed E-state index contributed by atoms with van der Waals surface area (Å²) in [6.45, 7) is 0.398. The number of alkyl carbamates (subject to hydrolysis) is 1. The Morgan fingerprint density at radius 2 is 1.84 bits per heavy atom. The van der Waals surface area contributed by atoms with Gasteiger partial charge in [0, 0.05) is 31.3 Å². The summed E-state index contributed by atoms with van der Waals surface area (Å²) in [5, 5.41) is 7.00. The number of ether oxygens (including phenoxy) is 1. The zero-order chi connectivity index (χ0) is 27.8. The third kappa shape index (κ3) is 5.00. The summed E-state index contributed by atoms with van der Waals surface area (Å²) in [4.78, 5) is 50.5. The van der Waals surface area contributed by atoms with E-state index in [1.807, 2.05) is 0 Å². The van der Waals surface area contributed by atoms with E-state index in [1.54, 1.807) is 0 Å². The largest absolute Gasteiger partial charge is 0.427 e. The number of imide groups is 1. The van der Waals surface area contributed by atoms with Gasteiger partial charge in [0.2, 0.25) is 11.5 Å². The number of halogens is 4. The number of carbonyl (C=O) groups excluding carboxylic acids is 4. The first kappa shape index (κ1) is 26.9. The monoisotopic (exact) mass is 536 g/mol. The highest BCUT2D eigenvalue weighted by Crippen LogP contribution is 2.45. The van der Waals surface area contributed by atoms with Crippen LogP contribution in [0.1, 0.15) is 35.6 Å². The first-order chi connectivity index (χ1) is 17.9. The molecule has 0 aromatic heterocycles. The van der Waals surface area contributed by atoms with E-state index in [9.17, 15) is 36.7 Å². The van der Waals surface area contributed by atoms with Gasteiger partial charge in [-0.1, -0.05) is 18.2 Å². The van der Waals surface area contributed by atoms with Gasteiger partial charge in [-0.05, 0) is 48.2 Å². The lowest BCUT2D eigenvalue weighted by atomic mass is 9.92. The average molecular weight is 536 g/mol. The van der Waals surface area contributed by atoms with Crippen LogP contribution in [0.2, 0.25) is 0 Å². The Hall–Kier alpha value is -4.16. The third-order valence-corrected chi connectivity index (χ3v) is 6.77. The first-order valence-corrected chi connectivity index (χ1v) is 11.6. The quantitative estimate of drug-likeness (QED) is 0.489. The molecule has 2 aromatic carbocycles. The van der Waals surface area contributed by atoms with Crippen LogP contribution in [-0.4, -0.2) is 48.1 Å². The minimum absolute atomic E-state index is 0.0583. The highest BCUT2D eigenvalue weighted by Gasteiger charge is 2.55. The predicted octanol–water partition coefficient (Wildman–Crippen LogP) is 3.51. The van der Waals surface area contributed by atoms with Crippen LogP contribution < -0.4 is 16.0 Å². The first-order valence-electron chi connectivity index (χ1n) is 11.6. The van der Waals surface area contributed by atoms with Gasteiger partial charge in [0.15, 0.2) is 0 Å². The van der Waals surface area contributed by atoms with E-state index in [0.717, 1.165) is 19.1 Å². The Balaban J connectivity index is 1.74. The maximum atomic E-state index is 13.7. The summed E-state index contributed by atoms with van der Waals surface area (Å²) < 4.78 is 59.9. The number of fused-ring (bicyclic) bond motifs is 2. The fraction of sp³-hybridized carbons (Fsp3) is 0.360. The van der Waals surface area contributed by atoms with Crippen molar-refractivity contribution in [2.24, 2.45) is 0 Å². The lowest BCUT2D eigenvalue weighted by Gasteiger charge is -2.31. The number of amides is 5. The van der Waals surface area contributed by atoms with E-state index in [0.29, 0.717) is 16.0 Å². The number of benzene rings is 2. The molecule has 202 valence electrons. The number of rotatable bonds is 6. The second-order valence-electron chi connectivity index (χ2n) is 9.04. The fourth-order valence-corrected chi connectivity index (χ4v) is 4.72. The zero-order valence-corrected chi connectivity index (χ0v) is 20.4. The summed E-state index contributed by atoms with van der Waals surface area (Å²) in [6, 6.07) is 4.80. The van der Waals surface area contributed by atoms with Gasteiger partial charge in [0.25, 0.3) is 5.91 Å². The lowest BCUT2D eigenvalue weighted by molar-refractivity contribution is -0.186. The molecule has 0 bridgehead atoms. The van der Waals surface area contributed by atoms with Crippen LogP contribution in [0.4, 0.5) is 32.8 Å². The Morgan fingerprint density at radius 3 is 2.42 bits per heavy atom. The summed E-state index contributed by atoms with van der Waals surface area (Å²) in [5.74, 6) is -2.18. The molecule has 1 aliphatic carbocycles. The molecule has 2 aromatic rings. The molecule has 4 rings (SSSR count). The number of carbonyl (C=O) groups is 4. The van der Waals surface area contributed by atoms with Crippen molar-refractivity contribution >= 4 is 29.6 Å². The number of nitrogens with one attached hydrogen (secondary N) is 3. The molecule has 3 N–H and O–H groups in total. The number of anilines is 1. The van der Waals surface area contributed by atoms with E-state index in [-0.39, 0.29) is 29.7 Å². The van der Waals surface area contributed by atoms with Gasteiger partial charge in [0.05, 0.1) is 6.42 Å². The standard InChI is InChI=1S/C25H24F4N4O5/c1-13(25(27,28)29)33(12-14-3-5-15(26)6-4-14)20(34)11-17-16-9-10-24(21(35)32-23(37)38-24)18(16)7-8-19(17)31-22(36)30-2/h3-8,13H,9-12H2,1-2H3,(H2,30,31,36)(H,32,35,37).